The number of piperidine rings is 1. The van der Waals surface area contributed by atoms with Gasteiger partial charge in [0.25, 0.3) is 0 Å². The summed E-state index contributed by atoms with van der Waals surface area (Å²) in [5.41, 5.74) is 7.87. The van der Waals surface area contributed by atoms with E-state index in [1.54, 1.807) is 0 Å². The Kier molecular flexibility index (Phi) is 4.34. The van der Waals surface area contributed by atoms with Gasteiger partial charge in [-0.15, -0.1) is 0 Å². The van der Waals surface area contributed by atoms with Gasteiger partial charge in [0.1, 0.15) is 5.75 Å². The highest BCUT2D eigenvalue weighted by Gasteiger charge is 2.18. The van der Waals surface area contributed by atoms with E-state index in [-0.39, 0.29) is 0 Å². The van der Waals surface area contributed by atoms with Crippen molar-refractivity contribution < 1.29 is 4.74 Å². The summed E-state index contributed by atoms with van der Waals surface area (Å²) in [5.74, 6) is 1.72. The Bertz CT molecular complexity index is 384. The van der Waals surface area contributed by atoms with Crippen molar-refractivity contribution >= 4 is 11.4 Å². The number of hydrogen-bond donors (Lipinski definition) is 1. The molecule has 0 aliphatic carbocycles. The zero-order chi connectivity index (χ0) is 13.0. The monoisotopic (exact) mass is 248 g/mol. The Labute approximate surface area is 110 Å². The number of rotatable bonds is 4. The van der Waals surface area contributed by atoms with Crippen LogP contribution in [0.15, 0.2) is 18.2 Å². The molecule has 0 unspecified atom stereocenters. The van der Waals surface area contributed by atoms with Gasteiger partial charge in [0.15, 0.2) is 0 Å². The summed E-state index contributed by atoms with van der Waals surface area (Å²) >= 11 is 0. The smallest absolute Gasteiger partial charge is 0.144 e. The molecule has 1 heterocycles. The third-order valence-electron chi connectivity index (χ3n) is 3.85. The number of ether oxygens (including phenoxy) is 1. The number of nitrogens with two attached hydrogens (primary N) is 1. The van der Waals surface area contributed by atoms with Crippen molar-refractivity contribution in [2.75, 3.05) is 30.3 Å². The van der Waals surface area contributed by atoms with Crippen LogP contribution in [0.4, 0.5) is 11.4 Å². The predicted molar refractivity (Wildman–Crippen MR) is 77.3 cm³/mol. The number of nitrogens with zero attached hydrogens (tertiary/aromatic N) is 1. The Morgan fingerprint density at radius 1 is 1.28 bits per heavy atom. The van der Waals surface area contributed by atoms with Gasteiger partial charge in [-0.05, 0) is 37.8 Å². The van der Waals surface area contributed by atoms with Crippen molar-refractivity contribution in [2.45, 2.75) is 33.1 Å². The first-order valence-corrected chi connectivity index (χ1v) is 7.01. The highest BCUT2D eigenvalue weighted by atomic mass is 16.5. The zero-order valence-electron chi connectivity index (χ0n) is 11.5. The Morgan fingerprint density at radius 3 is 2.61 bits per heavy atom. The number of hydrogen-bond acceptors (Lipinski definition) is 3. The van der Waals surface area contributed by atoms with E-state index in [1.807, 2.05) is 13.0 Å². The van der Waals surface area contributed by atoms with Crippen molar-refractivity contribution in [2.24, 2.45) is 5.92 Å². The molecular weight excluding hydrogens is 224 g/mol. The molecule has 1 fully saturated rings. The van der Waals surface area contributed by atoms with Gasteiger partial charge < -0.3 is 15.4 Å². The molecule has 100 valence electrons. The van der Waals surface area contributed by atoms with E-state index >= 15 is 0 Å². The minimum Gasteiger partial charge on any atom is -0.492 e. The predicted octanol–water partition coefficient (Wildman–Crippen LogP) is 3.29. The molecule has 3 heteroatoms. The lowest BCUT2D eigenvalue weighted by Gasteiger charge is -2.33. The average molecular weight is 248 g/mol. The van der Waals surface area contributed by atoms with Crippen molar-refractivity contribution in [3.63, 3.8) is 0 Å². The lowest BCUT2D eigenvalue weighted by Crippen LogP contribution is -2.33. The van der Waals surface area contributed by atoms with E-state index < -0.39 is 0 Å². The molecule has 1 aliphatic rings. The van der Waals surface area contributed by atoms with E-state index in [1.165, 1.54) is 24.9 Å². The molecule has 2 N–H and O–H groups in total. The second-order valence-electron chi connectivity index (χ2n) is 4.99. The maximum absolute atomic E-state index is 5.91. The first kappa shape index (κ1) is 13.1. The molecule has 1 aromatic carbocycles. The van der Waals surface area contributed by atoms with Gasteiger partial charge in [0, 0.05) is 24.8 Å². The van der Waals surface area contributed by atoms with Gasteiger partial charge in [0.05, 0.1) is 12.3 Å². The topological polar surface area (TPSA) is 38.5 Å². The molecule has 3 nitrogen and oxygen atoms in total. The normalized spacial score (nSPS) is 16.9. The summed E-state index contributed by atoms with van der Waals surface area (Å²) < 4.78 is 5.56. The van der Waals surface area contributed by atoms with Crippen LogP contribution in [0.3, 0.4) is 0 Å². The first-order valence-electron chi connectivity index (χ1n) is 7.01. The lowest BCUT2D eigenvalue weighted by molar-refractivity contribution is 0.341. The fourth-order valence-electron chi connectivity index (χ4n) is 2.60. The summed E-state index contributed by atoms with van der Waals surface area (Å²) in [4.78, 5) is 2.44. The van der Waals surface area contributed by atoms with E-state index in [0.29, 0.717) is 6.61 Å². The average Bonchev–Trinajstić information content (AvgIpc) is 2.42. The molecule has 0 bridgehead atoms. The van der Waals surface area contributed by atoms with Crippen LogP contribution in [-0.4, -0.2) is 19.7 Å². The largest absolute Gasteiger partial charge is 0.492 e. The summed E-state index contributed by atoms with van der Waals surface area (Å²) in [5, 5.41) is 0. The van der Waals surface area contributed by atoms with Crippen LogP contribution in [0.25, 0.3) is 0 Å². The van der Waals surface area contributed by atoms with Crippen LogP contribution < -0.4 is 15.4 Å². The molecule has 0 saturated carbocycles. The van der Waals surface area contributed by atoms with Gasteiger partial charge in [-0.1, -0.05) is 13.3 Å². The fourth-order valence-corrected chi connectivity index (χ4v) is 2.60. The van der Waals surface area contributed by atoms with Crippen LogP contribution in [0.2, 0.25) is 0 Å². The zero-order valence-corrected chi connectivity index (χ0v) is 11.5. The van der Waals surface area contributed by atoms with Gasteiger partial charge in [-0.3, -0.25) is 0 Å². The van der Waals surface area contributed by atoms with Crippen LogP contribution in [0.1, 0.15) is 33.1 Å². The maximum Gasteiger partial charge on any atom is 0.144 e. The fraction of sp³-hybridized carbons (Fsp3) is 0.600. The molecule has 2 rings (SSSR count). The molecule has 0 atom stereocenters. The third-order valence-corrected chi connectivity index (χ3v) is 3.85. The number of nitrogen functional groups attached to an aromatic ring is 1. The van der Waals surface area contributed by atoms with Gasteiger partial charge in [-0.25, -0.2) is 0 Å². The minimum absolute atomic E-state index is 0.658. The number of anilines is 2. The van der Waals surface area contributed by atoms with Crippen molar-refractivity contribution in [3.05, 3.63) is 18.2 Å². The van der Waals surface area contributed by atoms with Crippen molar-refractivity contribution in [1.82, 2.24) is 0 Å². The molecule has 1 aliphatic heterocycles. The Morgan fingerprint density at radius 2 is 2.00 bits per heavy atom. The summed E-state index contributed by atoms with van der Waals surface area (Å²) in [6.07, 6.45) is 3.90. The SMILES string of the molecule is CCOc1cc(N2CCC(CC)CC2)ccc1N. The van der Waals surface area contributed by atoms with Crippen LogP contribution in [0, 0.1) is 5.92 Å². The van der Waals surface area contributed by atoms with Crippen molar-refractivity contribution in [3.8, 4) is 5.75 Å². The second-order valence-corrected chi connectivity index (χ2v) is 4.99. The Balaban J connectivity index is 2.07. The Hall–Kier alpha value is -1.38. The maximum atomic E-state index is 5.91. The molecule has 0 radical (unpaired) electrons. The lowest BCUT2D eigenvalue weighted by atomic mass is 9.94. The highest BCUT2D eigenvalue weighted by molar-refractivity contribution is 5.62. The van der Waals surface area contributed by atoms with Crippen molar-refractivity contribution in [1.29, 1.82) is 0 Å². The highest BCUT2D eigenvalue weighted by Crippen LogP contribution is 2.30. The first-order chi connectivity index (χ1) is 8.74. The van der Waals surface area contributed by atoms with E-state index in [4.69, 9.17) is 10.5 Å². The van der Waals surface area contributed by atoms with E-state index in [2.05, 4.69) is 24.0 Å². The molecule has 0 aromatic heterocycles. The van der Waals surface area contributed by atoms with Gasteiger partial charge in [-0.2, -0.15) is 0 Å². The molecular formula is C15H24N2O. The minimum atomic E-state index is 0.658. The molecule has 1 aromatic rings. The molecule has 1 saturated heterocycles. The van der Waals surface area contributed by atoms with Crippen LogP contribution >= 0.6 is 0 Å². The number of benzene rings is 1. The van der Waals surface area contributed by atoms with E-state index in [0.717, 1.165) is 30.4 Å². The van der Waals surface area contributed by atoms with Gasteiger partial charge >= 0.3 is 0 Å². The van der Waals surface area contributed by atoms with Crippen LogP contribution in [0.5, 0.6) is 5.75 Å². The summed E-state index contributed by atoms with van der Waals surface area (Å²) in [6, 6.07) is 6.13. The molecule has 0 amide bonds. The summed E-state index contributed by atoms with van der Waals surface area (Å²) in [7, 11) is 0. The second kappa shape index (κ2) is 5.98. The molecule has 0 spiro atoms. The van der Waals surface area contributed by atoms with Gasteiger partial charge in [0.2, 0.25) is 0 Å². The van der Waals surface area contributed by atoms with Crippen LogP contribution in [-0.2, 0) is 0 Å². The summed E-state index contributed by atoms with van der Waals surface area (Å²) in [6.45, 7) is 7.23. The quantitative estimate of drug-likeness (QED) is 0.831. The van der Waals surface area contributed by atoms with E-state index in [9.17, 15) is 0 Å². The third kappa shape index (κ3) is 2.89. The standard InChI is InChI=1S/C15H24N2O/c1-3-12-7-9-17(10-8-12)13-5-6-14(16)15(11-13)18-4-2/h5-6,11-12H,3-4,7-10,16H2,1-2H3. The molecule has 18 heavy (non-hydrogen) atoms.